The monoisotopic (exact) mass is 368 g/mol. The van der Waals surface area contributed by atoms with E-state index < -0.39 is 5.54 Å². The number of ether oxygens (including phenoxy) is 1. The van der Waals surface area contributed by atoms with Crippen molar-refractivity contribution >= 4 is 5.71 Å². The van der Waals surface area contributed by atoms with Gasteiger partial charge < -0.3 is 20.4 Å². The third-order valence-electron chi connectivity index (χ3n) is 5.35. The number of nitrogens with zero attached hydrogens (tertiary/aromatic N) is 1. The van der Waals surface area contributed by atoms with E-state index in [-0.39, 0.29) is 6.61 Å². The van der Waals surface area contributed by atoms with Gasteiger partial charge in [-0.25, -0.2) is 0 Å². The Kier molecular flexibility index (Phi) is 6.14. The third-order valence-corrected chi connectivity index (χ3v) is 5.35. The lowest BCUT2D eigenvalue weighted by molar-refractivity contribution is 0.130. The van der Waals surface area contributed by atoms with E-state index in [9.17, 15) is 5.11 Å². The number of oxime groups is 1. The normalized spacial score (nSPS) is 22.7. The lowest BCUT2D eigenvalue weighted by Gasteiger charge is -2.20. The fraction of sp³-hybridized carbons (Fsp3) is 0.409. The second-order valence-corrected chi connectivity index (χ2v) is 7.38. The van der Waals surface area contributed by atoms with E-state index >= 15 is 0 Å². The lowest BCUT2D eigenvalue weighted by atomic mass is 9.93. The molecule has 5 heteroatoms. The minimum absolute atomic E-state index is 0.0544. The van der Waals surface area contributed by atoms with Gasteiger partial charge in [0.2, 0.25) is 0 Å². The quantitative estimate of drug-likeness (QED) is 0.578. The third kappa shape index (κ3) is 4.87. The van der Waals surface area contributed by atoms with Gasteiger partial charge in [-0.1, -0.05) is 41.6 Å². The van der Waals surface area contributed by atoms with Gasteiger partial charge in [-0.2, -0.15) is 0 Å². The van der Waals surface area contributed by atoms with E-state index in [1.54, 1.807) is 7.11 Å². The Hall–Kier alpha value is -2.37. The first-order valence-electron chi connectivity index (χ1n) is 9.32. The maximum atomic E-state index is 9.44. The highest BCUT2D eigenvalue weighted by molar-refractivity contribution is 5.98. The van der Waals surface area contributed by atoms with Crippen molar-refractivity contribution in [2.24, 2.45) is 10.9 Å². The summed E-state index contributed by atoms with van der Waals surface area (Å²) in [7, 11) is 1.65. The summed E-state index contributed by atoms with van der Waals surface area (Å²) in [5.74, 6) is 1.24. The standard InChI is InChI=1S/C22H28N2O3/c1-16(24-27-14-17-3-9-21(26-2)10-4-17)18-5-7-19(8-6-18)20-11-12-22(23,13-20)15-25/h3-10,20,25H,11-15,23H2,1-2H3/b24-16+/t20-,22-/m1/s1. The number of methoxy groups -OCH3 is 1. The van der Waals surface area contributed by atoms with Gasteiger partial charge >= 0.3 is 0 Å². The van der Waals surface area contributed by atoms with Crippen LogP contribution < -0.4 is 10.5 Å². The van der Waals surface area contributed by atoms with Gasteiger partial charge in [0, 0.05) is 5.54 Å². The van der Waals surface area contributed by atoms with Crippen LogP contribution in [0, 0.1) is 0 Å². The van der Waals surface area contributed by atoms with Crippen LogP contribution in [-0.2, 0) is 11.4 Å². The van der Waals surface area contributed by atoms with E-state index in [1.165, 1.54) is 5.56 Å². The minimum atomic E-state index is -0.421. The molecule has 0 unspecified atom stereocenters. The number of rotatable bonds is 7. The van der Waals surface area contributed by atoms with Crippen molar-refractivity contribution in [2.45, 2.75) is 44.2 Å². The van der Waals surface area contributed by atoms with Crippen molar-refractivity contribution in [1.29, 1.82) is 0 Å². The van der Waals surface area contributed by atoms with Crippen LogP contribution in [-0.4, -0.2) is 30.1 Å². The van der Waals surface area contributed by atoms with E-state index in [2.05, 4.69) is 29.4 Å². The zero-order chi connectivity index (χ0) is 19.3. The van der Waals surface area contributed by atoms with Crippen LogP contribution in [0.2, 0.25) is 0 Å². The molecule has 0 aromatic heterocycles. The fourth-order valence-corrected chi connectivity index (χ4v) is 3.56. The van der Waals surface area contributed by atoms with E-state index in [4.69, 9.17) is 15.3 Å². The summed E-state index contributed by atoms with van der Waals surface area (Å²) in [5.41, 5.74) is 9.95. The Labute approximate surface area is 160 Å². The van der Waals surface area contributed by atoms with Gasteiger partial charge in [0.25, 0.3) is 0 Å². The van der Waals surface area contributed by atoms with Gasteiger partial charge in [-0.3, -0.25) is 0 Å². The molecule has 0 aliphatic heterocycles. The molecular weight excluding hydrogens is 340 g/mol. The van der Waals surface area contributed by atoms with E-state index in [1.807, 2.05) is 31.2 Å². The summed E-state index contributed by atoms with van der Waals surface area (Å²) in [6.45, 7) is 2.41. The first-order chi connectivity index (χ1) is 13.0. The van der Waals surface area contributed by atoms with Gasteiger partial charge in [0.15, 0.2) is 0 Å². The summed E-state index contributed by atoms with van der Waals surface area (Å²) in [6.07, 6.45) is 2.73. The number of benzene rings is 2. The minimum Gasteiger partial charge on any atom is -0.497 e. The van der Waals surface area contributed by atoms with Crippen LogP contribution >= 0.6 is 0 Å². The second kappa shape index (κ2) is 8.55. The smallest absolute Gasteiger partial charge is 0.142 e. The summed E-state index contributed by atoms with van der Waals surface area (Å²) >= 11 is 0. The number of aliphatic hydroxyl groups is 1. The first kappa shape index (κ1) is 19.4. The molecule has 0 radical (unpaired) electrons. The summed E-state index contributed by atoms with van der Waals surface area (Å²) in [6, 6.07) is 16.1. The number of hydrogen-bond acceptors (Lipinski definition) is 5. The van der Waals surface area contributed by atoms with Gasteiger partial charge in [0.1, 0.15) is 12.4 Å². The number of nitrogens with two attached hydrogens (primary N) is 1. The molecule has 3 rings (SSSR count). The molecule has 2 aromatic rings. The predicted octanol–water partition coefficient (Wildman–Crippen LogP) is 3.59. The van der Waals surface area contributed by atoms with Crippen LogP contribution in [0.25, 0.3) is 0 Å². The van der Waals surface area contributed by atoms with E-state index in [0.717, 1.165) is 41.9 Å². The maximum Gasteiger partial charge on any atom is 0.142 e. The number of hydrogen-bond donors (Lipinski definition) is 2. The van der Waals surface area contributed by atoms with Crippen LogP contribution in [0.5, 0.6) is 5.75 Å². The SMILES string of the molecule is COc1ccc(CO/N=C(\C)c2ccc([C@@H]3CC[C@](N)(CO)C3)cc2)cc1. The van der Waals surface area contributed by atoms with Crippen molar-refractivity contribution in [3.8, 4) is 5.75 Å². The summed E-state index contributed by atoms with van der Waals surface area (Å²) in [5, 5.41) is 13.7. The molecule has 1 aliphatic carbocycles. The molecule has 5 nitrogen and oxygen atoms in total. The van der Waals surface area contributed by atoms with Crippen molar-refractivity contribution in [3.05, 3.63) is 65.2 Å². The highest BCUT2D eigenvalue weighted by Crippen LogP contribution is 2.39. The molecule has 27 heavy (non-hydrogen) atoms. The summed E-state index contributed by atoms with van der Waals surface area (Å²) in [4.78, 5) is 5.48. The van der Waals surface area contributed by atoms with Crippen molar-refractivity contribution < 1.29 is 14.7 Å². The molecule has 144 valence electrons. The van der Waals surface area contributed by atoms with Crippen molar-refractivity contribution in [2.75, 3.05) is 13.7 Å². The average Bonchev–Trinajstić information content (AvgIpc) is 3.11. The molecule has 3 N–H and O–H groups in total. The van der Waals surface area contributed by atoms with Crippen LogP contribution in [0.4, 0.5) is 0 Å². The molecule has 2 aromatic carbocycles. The average molecular weight is 368 g/mol. The Balaban J connectivity index is 1.56. The molecule has 1 fully saturated rings. The molecule has 2 atom stereocenters. The van der Waals surface area contributed by atoms with Crippen LogP contribution in [0.15, 0.2) is 53.7 Å². The van der Waals surface area contributed by atoms with Crippen molar-refractivity contribution in [1.82, 2.24) is 0 Å². The zero-order valence-corrected chi connectivity index (χ0v) is 16.0. The second-order valence-electron chi connectivity index (χ2n) is 7.38. The molecule has 1 saturated carbocycles. The summed E-state index contributed by atoms with van der Waals surface area (Å²) < 4.78 is 5.15. The highest BCUT2D eigenvalue weighted by Gasteiger charge is 2.35. The molecule has 0 heterocycles. The Bertz CT molecular complexity index is 771. The van der Waals surface area contributed by atoms with Gasteiger partial charge in [-0.05, 0) is 60.9 Å². The lowest BCUT2D eigenvalue weighted by Crippen LogP contribution is -2.40. The molecule has 0 amide bonds. The maximum absolute atomic E-state index is 9.44. The topological polar surface area (TPSA) is 77.1 Å². The van der Waals surface area contributed by atoms with Gasteiger partial charge in [-0.15, -0.1) is 0 Å². The number of aliphatic hydroxyl groups excluding tert-OH is 1. The molecular formula is C22H28N2O3. The molecule has 1 aliphatic rings. The Morgan fingerprint density at radius 2 is 1.89 bits per heavy atom. The van der Waals surface area contributed by atoms with E-state index in [0.29, 0.717) is 12.5 Å². The largest absolute Gasteiger partial charge is 0.497 e. The zero-order valence-electron chi connectivity index (χ0n) is 16.0. The fourth-order valence-electron chi connectivity index (χ4n) is 3.56. The first-order valence-corrected chi connectivity index (χ1v) is 9.32. The van der Waals surface area contributed by atoms with Crippen molar-refractivity contribution in [3.63, 3.8) is 0 Å². The van der Waals surface area contributed by atoms with Crippen LogP contribution in [0.3, 0.4) is 0 Å². The molecule has 0 bridgehead atoms. The predicted molar refractivity (Wildman–Crippen MR) is 107 cm³/mol. The molecule has 0 spiro atoms. The molecule has 0 saturated heterocycles. The Morgan fingerprint density at radius 3 is 2.48 bits per heavy atom. The van der Waals surface area contributed by atoms with Gasteiger partial charge in [0.05, 0.1) is 19.4 Å². The highest BCUT2D eigenvalue weighted by atomic mass is 16.6. The Morgan fingerprint density at radius 1 is 1.19 bits per heavy atom. The van der Waals surface area contributed by atoms with Crippen LogP contribution in [0.1, 0.15) is 48.8 Å².